The van der Waals surface area contributed by atoms with Crippen LogP contribution in [0.4, 0.5) is 0 Å². The summed E-state index contributed by atoms with van der Waals surface area (Å²) in [6, 6.07) is 15.5. The largest absolute Gasteiger partial charge is 0.273 e. The van der Waals surface area contributed by atoms with Gasteiger partial charge in [0, 0.05) is 13.1 Å². The van der Waals surface area contributed by atoms with Crippen molar-refractivity contribution in [3.05, 3.63) is 65.2 Å². The van der Waals surface area contributed by atoms with Gasteiger partial charge in [-0.15, -0.1) is 0 Å². The minimum atomic E-state index is -3.63. The van der Waals surface area contributed by atoms with Crippen LogP contribution in [0.5, 0.6) is 0 Å². The Morgan fingerprint density at radius 3 is 2.55 bits per heavy atom. The normalized spacial score (nSPS) is 17.7. The van der Waals surface area contributed by atoms with Gasteiger partial charge in [-0.1, -0.05) is 29.8 Å². The van der Waals surface area contributed by atoms with Crippen molar-refractivity contribution in [3.8, 4) is 6.07 Å². The quantitative estimate of drug-likeness (QED) is 0.604. The fourth-order valence-electron chi connectivity index (χ4n) is 3.14. The number of aryl methyl sites for hydroxylation is 1. The second kappa shape index (κ2) is 8.99. The summed E-state index contributed by atoms with van der Waals surface area (Å²) in [6.45, 7) is 2.43. The van der Waals surface area contributed by atoms with Gasteiger partial charge in [-0.3, -0.25) is 4.79 Å². The van der Waals surface area contributed by atoms with Crippen LogP contribution >= 0.6 is 0 Å². The lowest BCUT2D eigenvalue weighted by atomic mass is 9.99. The van der Waals surface area contributed by atoms with Crippen LogP contribution in [0.15, 0.2) is 58.5 Å². The van der Waals surface area contributed by atoms with Gasteiger partial charge in [-0.2, -0.15) is 14.7 Å². The molecule has 3 rings (SSSR count). The van der Waals surface area contributed by atoms with E-state index in [-0.39, 0.29) is 17.3 Å². The zero-order valence-electron chi connectivity index (χ0n) is 16.1. The highest BCUT2D eigenvalue weighted by Crippen LogP contribution is 2.24. The van der Waals surface area contributed by atoms with Crippen molar-refractivity contribution < 1.29 is 13.2 Å². The number of nitrogens with zero attached hydrogens (tertiary/aromatic N) is 3. The number of sulfonamides is 1. The first-order valence-electron chi connectivity index (χ1n) is 9.30. The number of nitriles is 1. The summed E-state index contributed by atoms with van der Waals surface area (Å²) in [5.74, 6) is -0.763. The molecule has 7 nitrogen and oxygen atoms in total. The summed E-state index contributed by atoms with van der Waals surface area (Å²) in [5.41, 5.74) is 4.77. The molecule has 1 aliphatic heterocycles. The third-order valence-corrected chi connectivity index (χ3v) is 6.72. The molecule has 1 atom stereocenters. The monoisotopic (exact) mass is 410 g/mol. The summed E-state index contributed by atoms with van der Waals surface area (Å²) >= 11 is 0. The molecular weight excluding hydrogens is 388 g/mol. The molecule has 0 unspecified atom stereocenters. The van der Waals surface area contributed by atoms with Gasteiger partial charge in [0.05, 0.1) is 28.7 Å². The Hall–Kier alpha value is -3.02. The van der Waals surface area contributed by atoms with Crippen molar-refractivity contribution in [2.24, 2.45) is 11.0 Å². The number of rotatable bonds is 5. The Balaban J connectivity index is 1.62. The number of piperidine rings is 1. The maximum atomic E-state index is 12.9. The first kappa shape index (κ1) is 20.7. The number of carbonyl (C=O) groups is 1. The summed E-state index contributed by atoms with van der Waals surface area (Å²) < 4.78 is 27.1. The first-order valence-corrected chi connectivity index (χ1v) is 10.7. The molecule has 150 valence electrons. The summed E-state index contributed by atoms with van der Waals surface area (Å²) in [4.78, 5) is 12.7. The highest BCUT2D eigenvalue weighted by atomic mass is 32.2. The van der Waals surface area contributed by atoms with E-state index >= 15 is 0 Å². The molecule has 0 aliphatic carbocycles. The van der Waals surface area contributed by atoms with Crippen molar-refractivity contribution in [1.29, 1.82) is 5.26 Å². The summed E-state index contributed by atoms with van der Waals surface area (Å²) in [7, 11) is -3.63. The first-order chi connectivity index (χ1) is 13.9. The number of amides is 1. The highest BCUT2D eigenvalue weighted by molar-refractivity contribution is 7.89. The van der Waals surface area contributed by atoms with E-state index in [0.29, 0.717) is 24.9 Å². The molecule has 0 bridgehead atoms. The predicted octanol–water partition coefficient (Wildman–Crippen LogP) is 2.42. The molecule has 0 spiro atoms. The van der Waals surface area contributed by atoms with Gasteiger partial charge < -0.3 is 0 Å². The molecule has 1 heterocycles. The van der Waals surface area contributed by atoms with Gasteiger partial charge in [0.1, 0.15) is 0 Å². The number of benzene rings is 2. The number of hydrogen-bond donors (Lipinski definition) is 1. The molecular formula is C21H22N4O3S. The van der Waals surface area contributed by atoms with E-state index < -0.39 is 15.9 Å². The van der Waals surface area contributed by atoms with Crippen LogP contribution in [0, 0.1) is 24.2 Å². The third kappa shape index (κ3) is 5.08. The van der Waals surface area contributed by atoms with E-state index in [4.69, 9.17) is 5.26 Å². The van der Waals surface area contributed by atoms with Crippen LogP contribution in [0.25, 0.3) is 0 Å². The topological polar surface area (TPSA) is 103 Å². The van der Waals surface area contributed by atoms with Crippen LogP contribution in [-0.2, 0) is 14.8 Å². The van der Waals surface area contributed by atoms with Gasteiger partial charge >= 0.3 is 0 Å². The van der Waals surface area contributed by atoms with E-state index in [9.17, 15) is 13.2 Å². The summed E-state index contributed by atoms with van der Waals surface area (Å²) in [6.07, 6.45) is 2.71. The Morgan fingerprint density at radius 1 is 1.21 bits per heavy atom. The molecule has 8 heteroatoms. The molecule has 0 aromatic heterocycles. The second-order valence-electron chi connectivity index (χ2n) is 6.98. The smallest absolute Gasteiger partial charge is 0.244 e. The van der Waals surface area contributed by atoms with Crippen LogP contribution in [0.1, 0.15) is 29.5 Å². The van der Waals surface area contributed by atoms with Crippen LogP contribution in [0.3, 0.4) is 0 Å². The maximum Gasteiger partial charge on any atom is 0.244 e. The number of carbonyl (C=O) groups excluding carboxylic acids is 1. The van der Waals surface area contributed by atoms with Crippen LogP contribution in [0.2, 0.25) is 0 Å². The Labute approximate surface area is 170 Å². The molecule has 0 saturated carbocycles. The van der Waals surface area contributed by atoms with Crippen molar-refractivity contribution in [1.82, 2.24) is 9.73 Å². The lowest BCUT2D eigenvalue weighted by Crippen LogP contribution is -2.44. The Morgan fingerprint density at radius 2 is 1.90 bits per heavy atom. The molecule has 0 radical (unpaired) electrons. The average Bonchev–Trinajstić information content (AvgIpc) is 2.74. The highest BCUT2D eigenvalue weighted by Gasteiger charge is 2.33. The van der Waals surface area contributed by atoms with E-state index in [2.05, 4.69) is 10.5 Å². The number of hydrogen-bond acceptors (Lipinski definition) is 5. The molecule has 1 saturated heterocycles. The standard InChI is InChI=1S/C21H22N4O3S/c1-16-4-10-20(11-5-16)29(27,28)25-12-2-3-19(15-25)21(26)24-23-14-18-8-6-17(13-22)7-9-18/h4-11,14,19H,2-3,12,15H2,1H3,(H,24,26)/b23-14-/t19-/m1/s1. The summed E-state index contributed by atoms with van der Waals surface area (Å²) in [5, 5.41) is 12.7. The fraction of sp³-hybridized carbons (Fsp3) is 0.286. The Kier molecular flexibility index (Phi) is 6.42. The fourth-order valence-corrected chi connectivity index (χ4v) is 4.66. The maximum absolute atomic E-state index is 12.9. The SMILES string of the molecule is Cc1ccc(S(=O)(=O)N2CCC[C@@H](C(=O)N/N=C\c3ccc(C#N)cc3)C2)cc1. The average molecular weight is 410 g/mol. The zero-order chi connectivity index (χ0) is 20.9. The van der Waals surface area contributed by atoms with Gasteiger partial charge in [0.25, 0.3) is 0 Å². The molecule has 2 aromatic carbocycles. The van der Waals surface area contributed by atoms with Crippen molar-refractivity contribution >= 4 is 22.1 Å². The lowest BCUT2D eigenvalue weighted by molar-refractivity contribution is -0.126. The van der Waals surface area contributed by atoms with E-state index in [1.54, 1.807) is 48.5 Å². The van der Waals surface area contributed by atoms with Crippen molar-refractivity contribution in [2.75, 3.05) is 13.1 Å². The number of hydrazone groups is 1. The molecule has 1 aliphatic rings. The second-order valence-corrected chi connectivity index (χ2v) is 8.92. The van der Waals surface area contributed by atoms with Crippen molar-refractivity contribution in [2.45, 2.75) is 24.7 Å². The van der Waals surface area contributed by atoms with Crippen LogP contribution in [-0.4, -0.2) is 37.9 Å². The van der Waals surface area contributed by atoms with E-state index in [0.717, 1.165) is 11.1 Å². The van der Waals surface area contributed by atoms with Crippen LogP contribution < -0.4 is 5.43 Å². The Bertz CT molecular complexity index is 1040. The molecule has 1 N–H and O–H groups in total. The third-order valence-electron chi connectivity index (χ3n) is 4.84. The van der Waals surface area contributed by atoms with E-state index in [1.165, 1.54) is 10.5 Å². The lowest BCUT2D eigenvalue weighted by Gasteiger charge is -2.30. The molecule has 1 amide bonds. The van der Waals surface area contributed by atoms with E-state index in [1.807, 2.05) is 13.0 Å². The predicted molar refractivity (Wildman–Crippen MR) is 110 cm³/mol. The molecule has 1 fully saturated rings. The van der Waals surface area contributed by atoms with Crippen molar-refractivity contribution in [3.63, 3.8) is 0 Å². The minimum Gasteiger partial charge on any atom is -0.273 e. The zero-order valence-corrected chi connectivity index (χ0v) is 16.9. The molecule has 2 aromatic rings. The molecule has 29 heavy (non-hydrogen) atoms. The van der Waals surface area contributed by atoms with Gasteiger partial charge in [0.2, 0.25) is 15.9 Å². The minimum absolute atomic E-state index is 0.133. The number of nitrogens with one attached hydrogen (secondary N) is 1. The van der Waals surface area contributed by atoms with Gasteiger partial charge in [0.15, 0.2) is 0 Å². The van der Waals surface area contributed by atoms with Gasteiger partial charge in [-0.25, -0.2) is 13.8 Å². The van der Waals surface area contributed by atoms with Gasteiger partial charge in [-0.05, 0) is 49.6 Å².